The lowest BCUT2D eigenvalue weighted by molar-refractivity contribution is 0.212. The molecule has 0 aliphatic carbocycles. The lowest BCUT2D eigenvalue weighted by atomic mass is 9.90. The Bertz CT molecular complexity index is 550. The first-order chi connectivity index (χ1) is 8.86. The van der Waals surface area contributed by atoms with E-state index in [1.54, 1.807) is 21.1 Å². The molecule has 2 N–H and O–H groups in total. The molecule has 1 fully saturated rings. The summed E-state index contributed by atoms with van der Waals surface area (Å²) >= 11 is 0. The predicted octanol–water partition coefficient (Wildman–Crippen LogP) is 1.15. The molecule has 2 rings (SSSR count). The molecule has 2 atom stereocenters. The van der Waals surface area contributed by atoms with E-state index in [1.807, 2.05) is 7.05 Å². The van der Waals surface area contributed by atoms with Crippen LogP contribution in [0.25, 0.3) is 0 Å². The van der Waals surface area contributed by atoms with Crippen molar-refractivity contribution >= 4 is 10.0 Å². The van der Waals surface area contributed by atoms with Crippen LogP contribution in [-0.4, -0.2) is 30.4 Å². The molecule has 0 saturated carbocycles. The fraction of sp³-hybridized carbons (Fsp3) is 0.692. The molecule has 1 aromatic rings. The van der Waals surface area contributed by atoms with Gasteiger partial charge in [0.15, 0.2) is 0 Å². The van der Waals surface area contributed by atoms with Crippen LogP contribution in [0.5, 0.6) is 0 Å². The summed E-state index contributed by atoms with van der Waals surface area (Å²) in [5.41, 5.74) is 6.43. The second-order valence-electron chi connectivity index (χ2n) is 5.59. The van der Waals surface area contributed by atoms with E-state index >= 15 is 0 Å². The van der Waals surface area contributed by atoms with Crippen LogP contribution in [0.4, 0.5) is 0 Å². The lowest BCUT2D eigenvalue weighted by Gasteiger charge is -2.34. The van der Waals surface area contributed by atoms with Gasteiger partial charge in [0, 0.05) is 38.6 Å². The van der Waals surface area contributed by atoms with Crippen molar-refractivity contribution in [3.05, 3.63) is 18.0 Å². The topological polar surface area (TPSA) is 68.3 Å². The zero-order valence-corrected chi connectivity index (χ0v) is 12.7. The predicted molar refractivity (Wildman–Crippen MR) is 75.0 cm³/mol. The maximum atomic E-state index is 12.6. The number of sulfonamides is 1. The Labute approximate surface area is 115 Å². The summed E-state index contributed by atoms with van der Waals surface area (Å²) in [4.78, 5) is 0.359. The van der Waals surface area contributed by atoms with E-state index in [9.17, 15) is 8.42 Å². The van der Waals surface area contributed by atoms with Gasteiger partial charge in [0.1, 0.15) is 4.90 Å². The maximum absolute atomic E-state index is 12.6. The average molecular weight is 285 g/mol. The van der Waals surface area contributed by atoms with E-state index in [2.05, 4.69) is 13.8 Å². The van der Waals surface area contributed by atoms with Crippen LogP contribution in [0, 0.1) is 11.8 Å². The van der Waals surface area contributed by atoms with Crippen molar-refractivity contribution in [1.82, 2.24) is 8.87 Å². The zero-order chi connectivity index (χ0) is 14.2. The normalized spacial score (nSPS) is 25.7. The first-order valence-electron chi connectivity index (χ1n) is 6.71. The number of aryl methyl sites for hydroxylation is 1. The van der Waals surface area contributed by atoms with Crippen LogP contribution in [0.1, 0.15) is 26.0 Å². The number of nitrogens with two attached hydrogens (primary N) is 1. The minimum atomic E-state index is -3.37. The molecule has 0 spiro atoms. The van der Waals surface area contributed by atoms with Gasteiger partial charge in [0.25, 0.3) is 0 Å². The third-order valence-corrected chi connectivity index (χ3v) is 6.06. The molecule has 6 heteroatoms. The van der Waals surface area contributed by atoms with Crippen LogP contribution < -0.4 is 5.73 Å². The smallest absolute Gasteiger partial charge is 0.244 e. The third-order valence-electron chi connectivity index (χ3n) is 4.23. The average Bonchev–Trinajstić information content (AvgIpc) is 2.74. The Morgan fingerprint density at radius 2 is 2.05 bits per heavy atom. The van der Waals surface area contributed by atoms with E-state index in [0.717, 1.165) is 12.1 Å². The molecule has 0 amide bonds. The molecule has 0 radical (unpaired) electrons. The van der Waals surface area contributed by atoms with Gasteiger partial charge in [-0.25, -0.2) is 8.42 Å². The number of hydrogen-bond acceptors (Lipinski definition) is 3. The van der Waals surface area contributed by atoms with Crippen molar-refractivity contribution in [2.75, 3.05) is 13.1 Å². The van der Waals surface area contributed by atoms with Crippen molar-refractivity contribution in [3.8, 4) is 0 Å². The minimum absolute atomic E-state index is 0.347. The van der Waals surface area contributed by atoms with Gasteiger partial charge in [-0.1, -0.05) is 13.8 Å². The van der Waals surface area contributed by atoms with Crippen LogP contribution in [0.15, 0.2) is 17.2 Å². The Morgan fingerprint density at radius 1 is 1.37 bits per heavy atom. The fourth-order valence-electron chi connectivity index (χ4n) is 2.51. The summed E-state index contributed by atoms with van der Waals surface area (Å²) < 4.78 is 28.6. The van der Waals surface area contributed by atoms with E-state index in [0.29, 0.717) is 36.4 Å². The number of piperidine rings is 1. The van der Waals surface area contributed by atoms with Crippen LogP contribution in [0.3, 0.4) is 0 Å². The number of nitrogens with zero attached hydrogens (tertiary/aromatic N) is 2. The summed E-state index contributed by atoms with van der Waals surface area (Å²) in [6.45, 7) is 5.86. The molecule has 0 aromatic carbocycles. The third kappa shape index (κ3) is 2.70. The van der Waals surface area contributed by atoms with Gasteiger partial charge in [0.05, 0.1) is 0 Å². The van der Waals surface area contributed by atoms with Crippen LogP contribution >= 0.6 is 0 Å². The van der Waals surface area contributed by atoms with E-state index in [1.165, 1.54) is 0 Å². The second kappa shape index (κ2) is 5.26. The molecule has 108 valence electrons. The summed E-state index contributed by atoms with van der Waals surface area (Å²) in [6.07, 6.45) is 2.58. The van der Waals surface area contributed by atoms with E-state index in [-0.39, 0.29) is 0 Å². The van der Waals surface area contributed by atoms with Crippen molar-refractivity contribution in [2.24, 2.45) is 24.6 Å². The highest BCUT2D eigenvalue weighted by molar-refractivity contribution is 7.89. The molecule has 5 nitrogen and oxygen atoms in total. The zero-order valence-electron chi connectivity index (χ0n) is 11.8. The Kier molecular flexibility index (Phi) is 4.03. The number of hydrogen-bond donors (Lipinski definition) is 1. The molecule has 1 aliphatic rings. The Hall–Kier alpha value is -0.850. The SMILES string of the molecule is CC1CCN(S(=O)(=O)c2cc(CN)n(C)c2)CC1C. The molecule has 1 aromatic heterocycles. The highest BCUT2D eigenvalue weighted by Crippen LogP contribution is 2.27. The van der Waals surface area contributed by atoms with Crippen molar-refractivity contribution in [1.29, 1.82) is 0 Å². The summed E-state index contributed by atoms with van der Waals surface area (Å²) in [5, 5.41) is 0. The van der Waals surface area contributed by atoms with Gasteiger partial charge in [-0.15, -0.1) is 0 Å². The summed E-state index contributed by atoms with van der Waals surface area (Å²) in [7, 11) is -1.55. The van der Waals surface area contributed by atoms with Gasteiger partial charge < -0.3 is 10.3 Å². The highest BCUT2D eigenvalue weighted by Gasteiger charge is 2.32. The molecule has 0 bridgehead atoms. The first kappa shape index (κ1) is 14.6. The Balaban J connectivity index is 2.27. The quantitative estimate of drug-likeness (QED) is 0.906. The molecule has 1 saturated heterocycles. The van der Waals surface area contributed by atoms with E-state index < -0.39 is 10.0 Å². The first-order valence-corrected chi connectivity index (χ1v) is 8.15. The molecule has 2 heterocycles. The summed E-state index contributed by atoms with van der Waals surface area (Å²) in [5.74, 6) is 0.989. The number of aromatic nitrogens is 1. The van der Waals surface area contributed by atoms with Gasteiger partial charge in [0.2, 0.25) is 10.0 Å². The molecular formula is C13H23N3O2S. The summed E-state index contributed by atoms with van der Waals surface area (Å²) in [6, 6.07) is 1.68. The molecule has 19 heavy (non-hydrogen) atoms. The molecular weight excluding hydrogens is 262 g/mol. The highest BCUT2D eigenvalue weighted by atomic mass is 32.2. The van der Waals surface area contributed by atoms with Crippen LogP contribution in [-0.2, 0) is 23.6 Å². The molecule has 2 unspecified atom stereocenters. The van der Waals surface area contributed by atoms with Crippen LogP contribution in [0.2, 0.25) is 0 Å². The van der Waals surface area contributed by atoms with Gasteiger partial charge in [-0.2, -0.15) is 4.31 Å². The van der Waals surface area contributed by atoms with Gasteiger partial charge >= 0.3 is 0 Å². The standard InChI is InChI=1S/C13H23N3O2S/c1-10-4-5-16(8-11(10)2)19(17,18)13-6-12(7-14)15(3)9-13/h6,9-11H,4-5,7-8,14H2,1-3H3. The molecule has 1 aliphatic heterocycles. The van der Waals surface area contributed by atoms with Gasteiger partial charge in [-0.05, 0) is 24.3 Å². The van der Waals surface area contributed by atoms with Crippen molar-refractivity contribution in [3.63, 3.8) is 0 Å². The van der Waals surface area contributed by atoms with Crippen molar-refractivity contribution in [2.45, 2.75) is 31.7 Å². The van der Waals surface area contributed by atoms with E-state index in [4.69, 9.17) is 5.73 Å². The Morgan fingerprint density at radius 3 is 2.58 bits per heavy atom. The monoisotopic (exact) mass is 285 g/mol. The maximum Gasteiger partial charge on any atom is 0.244 e. The number of rotatable bonds is 3. The van der Waals surface area contributed by atoms with Gasteiger partial charge in [-0.3, -0.25) is 0 Å². The second-order valence-corrected chi connectivity index (χ2v) is 7.53. The lowest BCUT2D eigenvalue weighted by Crippen LogP contribution is -2.42. The largest absolute Gasteiger partial charge is 0.352 e. The minimum Gasteiger partial charge on any atom is -0.352 e. The fourth-order valence-corrected chi connectivity index (χ4v) is 4.16. The van der Waals surface area contributed by atoms with Crippen molar-refractivity contribution < 1.29 is 8.42 Å².